The smallest absolute Gasteiger partial charge is 0.237 e. The molecule has 0 radical (unpaired) electrons. The monoisotopic (exact) mass is 291 g/mol. The van der Waals surface area contributed by atoms with Gasteiger partial charge >= 0.3 is 0 Å². The van der Waals surface area contributed by atoms with Gasteiger partial charge in [0.25, 0.3) is 0 Å². The molecule has 0 amide bonds. The number of ether oxygens (including phenoxy) is 1. The Kier molecular flexibility index (Phi) is 5.71. The Morgan fingerprint density at radius 1 is 1.47 bits per heavy atom. The van der Waals surface area contributed by atoms with Crippen LogP contribution >= 0.6 is 0 Å². The van der Waals surface area contributed by atoms with Crippen molar-refractivity contribution in [3.8, 4) is 0 Å². The molecule has 0 saturated carbocycles. The van der Waals surface area contributed by atoms with E-state index < -0.39 is 21.9 Å². The summed E-state index contributed by atoms with van der Waals surface area (Å²) in [5, 5.41) is 8.99. The van der Waals surface area contributed by atoms with Gasteiger partial charge in [-0.1, -0.05) is 6.07 Å². The van der Waals surface area contributed by atoms with E-state index in [1.54, 1.807) is 6.92 Å². The molecule has 0 heterocycles. The number of aliphatic hydroxyl groups excluding tert-OH is 1. The number of sulfonamides is 1. The van der Waals surface area contributed by atoms with E-state index >= 15 is 0 Å². The molecule has 0 saturated heterocycles. The number of nitrogens with zero attached hydrogens (tertiary/aromatic N) is 1. The molecule has 108 valence electrons. The van der Waals surface area contributed by atoms with E-state index in [2.05, 4.69) is 0 Å². The van der Waals surface area contributed by atoms with Crippen LogP contribution in [0.1, 0.15) is 6.92 Å². The highest BCUT2D eigenvalue weighted by Crippen LogP contribution is 2.19. The molecule has 1 atom stereocenters. The van der Waals surface area contributed by atoms with Crippen molar-refractivity contribution in [2.45, 2.75) is 13.0 Å². The Morgan fingerprint density at radius 2 is 2.16 bits per heavy atom. The van der Waals surface area contributed by atoms with Crippen LogP contribution in [0.5, 0.6) is 0 Å². The SMILES string of the molecule is CO[C@@H](C)CS(=O)(=O)N(CCO)c1cccc(F)c1. The summed E-state index contributed by atoms with van der Waals surface area (Å²) >= 11 is 0. The van der Waals surface area contributed by atoms with Crippen LogP contribution < -0.4 is 4.31 Å². The lowest BCUT2D eigenvalue weighted by atomic mass is 10.3. The molecule has 0 unspecified atom stereocenters. The highest BCUT2D eigenvalue weighted by Gasteiger charge is 2.24. The van der Waals surface area contributed by atoms with E-state index in [4.69, 9.17) is 9.84 Å². The molecular formula is C12H18FNO4S. The molecule has 1 aromatic carbocycles. The van der Waals surface area contributed by atoms with Crippen LogP contribution in [0, 0.1) is 5.82 Å². The lowest BCUT2D eigenvalue weighted by Gasteiger charge is -2.25. The van der Waals surface area contributed by atoms with Gasteiger partial charge < -0.3 is 9.84 Å². The summed E-state index contributed by atoms with van der Waals surface area (Å²) in [4.78, 5) is 0. The van der Waals surface area contributed by atoms with Gasteiger partial charge in [-0.25, -0.2) is 12.8 Å². The molecule has 0 aliphatic carbocycles. The minimum absolute atomic E-state index is 0.123. The normalized spacial score (nSPS) is 13.3. The maximum absolute atomic E-state index is 13.2. The van der Waals surface area contributed by atoms with Gasteiger partial charge in [-0.2, -0.15) is 0 Å². The molecule has 1 N–H and O–H groups in total. The molecule has 1 rings (SSSR count). The first-order valence-corrected chi connectivity index (χ1v) is 7.41. The second-order valence-electron chi connectivity index (χ2n) is 4.10. The van der Waals surface area contributed by atoms with E-state index in [-0.39, 0.29) is 24.6 Å². The number of methoxy groups -OCH3 is 1. The Hall–Kier alpha value is -1.18. The molecule has 0 aromatic heterocycles. The second kappa shape index (κ2) is 6.83. The van der Waals surface area contributed by atoms with Crippen LogP contribution in [0.4, 0.5) is 10.1 Å². The predicted octanol–water partition coefficient (Wildman–Crippen LogP) is 0.989. The Balaban J connectivity index is 3.06. The van der Waals surface area contributed by atoms with Crippen LogP contribution in [0.15, 0.2) is 24.3 Å². The van der Waals surface area contributed by atoms with Crippen molar-refractivity contribution in [3.05, 3.63) is 30.1 Å². The zero-order valence-corrected chi connectivity index (χ0v) is 11.7. The molecule has 0 fully saturated rings. The van der Waals surface area contributed by atoms with E-state index in [9.17, 15) is 12.8 Å². The summed E-state index contributed by atoms with van der Waals surface area (Å²) in [6.07, 6.45) is -0.486. The van der Waals surface area contributed by atoms with Crippen LogP contribution in [0.3, 0.4) is 0 Å². The molecule has 5 nitrogen and oxygen atoms in total. The molecular weight excluding hydrogens is 273 g/mol. The lowest BCUT2D eigenvalue weighted by molar-refractivity contribution is 0.136. The molecule has 0 bridgehead atoms. The van der Waals surface area contributed by atoms with Crippen LogP contribution in [0.2, 0.25) is 0 Å². The van der Waals surface area contributed by atoms with Gasteiger partial charge in [-0.15, -0.1) is 0 Å². The second-order valence-corrected chi connectivity index (χ2v) is 6.04. The largest absolute Gasteiger partial charge is 0.394 e. The standard InChI is InChI=1S/C12H18FNO4S/c1-10(18-2)9-19(16,17)14(6-7-15)12-5-3-4-11(13)8-12/h3-5,8,10,15H,6-7,9H2,1-2H3/t10-/m0/s1. The number of hydrogen-bond acceptors (Lipinski definition) is 4. The molecule has 0 aliphatic heterocycles. The third-order valence-electron chi connectivity index (χ3n) is 2.58. The highest BCUT2D eigenvalue weighted by molar-refractivity contribution is 7.92. The molecule has 0 aliphatic rings. The lowest BCUT2D eigenvalue weighted by Crippen LogP contribution is -2.38. The minimum Gasteiger partial charge on any atom is -0.394 e. The van der Waals surface area contributed by atoms with Gasteiger partial charge in [0, 0.05) is 7.11 Å². The Labute approximate surface area is 112 Å². The summed E-state index contributed by atoms with van der Waals surface area (Å²) in [5.74, 6) is -0.768. The van der Waals surface area contributed by atoms with Crippen molar-refractivity contribution < 1.29 is 22.7 Å². The molecule has 7 heteroatoms. The molecule has 1 aromatic rings. The number of anilines is 1. The van der Waals surface area contributed by atoms with Gasteiger partial charge in [0.05, 0.1) is 30.7 Å². The first-order chi connectivity index (χ1) is 8.90. The first-order valence-electron chi connectivity index (χ1n) is 5.80. The number of aliphatic hydroxyl groups is 1. The number of rotatable bonds is 7. The molecule has 0 spiro atoms. The summed E-state index contributed by atoms with van der Waals surface area (Å²) in [6, 6.07) is 5.24. The van der Waals surface area contributed by atoms with Gasteiger partial charge in [-0.05, 0) is 25.1 Å². The molecule has 19 heavy (non-hydrogen) atoms. The predicted molar refractivity (Wildman–Crippen MR) is 71.1 cm³/mol. The van der Waals surface area contributed by atoms with Gasteiger partial charge in [0.15, 0.2) is 0 Å². The van der Waals surface area contributed by atoms with Gasteiger partial charge in [0.1, 0.15) is 5.82 Å². The van der Waals surface area contributed by atoms with Crippen molar-refractivity contribution in [1.29, 1.82) is 0 Å². The summed E-state index contributed by atoms with van der Waals surface area (Å²) < 4.78 is 43.5. The number of benzene rings is 1. The average molecular weight is 291 g/mol. The number of halogens is 1. The van der Waals surface area contributed by atoms with E-state index in [1.807, 2.05) is 0 Å². The Morgan fingerprint density at radius 3 is 2.68 bits per heavy atom. The average Bonchev–Trinajstić information content (AvgIpc) is 2.35. The van der Waals surface area contributed by atoms with Crippen LogP contribution in [-0.2, 0) is 14.8 Å². The van der Waals surface area contributed by atoms with E-state index in [1.165, 1.54) is 25.3 Å². The van der Waals surface area contributed by atoms with Crippen LogP contribution in [-0.4, -0.2) is 45.6 Å². The zero-order valence-electron chi connectivity index (χ0n) is 10.9. The Bertz CT molecular complexity index is 506. The van der Waals surface area contributed by atoms with Crippen molar-refractivity contribution in [3.63, 3.8) is 0 Å². The maximum atomic E-state index is 13.2. The van der Waals surface area contributed by atoms with Crippen molar-refractivity contribution in [2.24, 2.45) is 0 Å². The van der Waals surface area contributed by atoms with Gasteiger partial charge in [-0.3, -0.25) is 4.31 Å². The van der Waals surface area contributed by atoms with Crippen molar-refractivity contribution in [2.75, 3.05) is 30.3 Å². The summed E-state index contributed by atoms with van der Waals surface area (Å²) in [5.41, 5.74) is 0.192. The first kappa shape index (κ1) is 15.9. The zero-order chi connectivity index (χ0) is 14.5. The fourth-order valence-electron chi connectivity index (χ4n) is 1.61. The van der Waals surface area contributed by atoms with Crippen LogP contribution in [0.25, 0.3) is 0 Å². The van der Waals surface area contributed by atoms with Crippen molar-refractivity contribution >= 4 is 15.7 Å². The van der Waals surface area contributed by atoms with Gasteiger partial charge in [0.2, 0.25) is 10.0 Å². The summed E-state index contributed by atoms with van der Waals surface area (Å²) in [7, 11) is -2.27. The fourth-order valence-corrected chi connectivity index (χ4v) is 3.31. The van der Waals surface area contributed by atoms with E-state index in [0.29, 0.717) is 0 Å². The maximum Gasteiger partial charge on any atom is 0.237 e. The number of hydrogen-bond donors (Lipinski definition) is 1. The third-order valence-corrected chi connectivity index (χ3v) is 4.54. The van der Waals surface area contributed by atoms with E-state index in [0.717, 1.165) is 10.4 Å². The fraction of sp³-hybridized carbons (Fsp3) is 0.500. The topological polar surface area (TPSA) is 66.8 Å². The van der Waals surface area contributed by atoms with Crippen molar-refractivity contribution in [1.82, 2.24) is 0 Å². The minimum atomic E-state index is -3.68. The third kappa shape index (κ3) is 4.45. The summed E-state index contributed by atoms with van der Waals surface area (Å²) in [6.45, 7) is 1.15. The quantitative estimate of drug-likeness (QED) is 0.813. The highest BCUT2D eigenvalue weighted by atomic mass is 32.2.